The van der Waals surface area contributed by atoms with Gasteiger partial charge in [-0.05, 0) is 48.5 Å². The molecule has 1 amide bonds. The standard InChI is InChI=1S/C23H24N4O6S2/c1-32-18-6-4-17(5-7-18)27-22(20-14-34(29)15-21(20)25-27)24-23(28)16-2-8-19(9-3-16)35(30,31)26-10-12-33-13-11-26/h2-9H,10-15H2,1H3,(H,24,28)/t34-/m0/s1. The summed E-state index contributed by atoms with van der Waals surface area (Å²) in [6, 6.07) is 13.0. The number of sulfonamides is 1. The van der Waals surface area contributed by atoms with Gasteiger partial charge in [-0.15, -0.1) is 0 Å². The predicted octanol–water partition coefficient (Wildman–Crippen LogP) is 1.92. The number of fused-ring (bicyclic) bond motifs is 1. The summed E-state index contributed by atoms with van der Waals surface area (Å²) in [6.45, 7) is 1.31. The third-order valence-corrected chi connectivity index (χ3v) is 9.06. The molecule has 0 aliphatic carbocycles. The fraction of sp³-hybridized carbons (Fsp3) is 0.304. The van der Waals surface area contributed by atoms with E-state index in [0.717, 1.165) is 5.56 Å². The van der Waals surface area contributed by atoms with Crippen molar-refractivity contribution in [2.75, 3.05) is 38.7 Å². The number of aromatic nitrogens is 2. The van der Waals surface area contributed by atoms with Gasteiger partial charge >= 0.3 is 0 Å². The fourth-order valence-electron chi connectivity index (χ4n) is 4.06. The minimum atomic E-state index is -3.65. The van der Waals surface area contributed by atoms with Crippen LogP contribution >= 0.6 is 0 Å². The lowest BCUT2D eigenvalue weighted by Crippen LogP contribution is -2.40. The molecule has 0 saturated carbocycles. The van der Waals surface area contributed by atoms with E-state index in [1.807, 2.05) is 12.1 Å². The number of benzene rings is 2. The minimum Gasteiger partial charge on any atom is -0.497 e. The molecule has 1 saturated heterocycles. The molecular formula is C23H24N4O6S2. The summed E-state index contributed by atoms with van der Waals surface area (Å²) in [5.41, 5.74) is 2.43. The zero-order valence-corrected chi connectivity index (χ0v) is 20.6. The second-order valence-electron chi connectivity index (χ2n) is 8.11. The maximum atomic E-state index is 13.1. The number of anilines is 1. The van der Waals surface area contributed by atoms with Gasteiger partial charge in [0, 0.05) is 35.0 Å². The summed E-state index contributed by atoms with van der Waals surface area (Å²) >= 11 is 0. The molecule has 2 aliphatic heterocycles. The highest BCUT2D eigenvalue weighted by Gasteiger charge is 2.29. The summed E-state index contributed by atoms with van der Waals surface area (Å²) < 4.78 is 51.3. The van der Waals surface area contributed by atoms with Gasteiger partial charge in [-0.25, -0.2) is 13.1 Å². The Morgan fingerprint density at radius 1 is 1.06 bits per heavy atom. The van der Waals surface area contributed by atoms with Crippen molar-refractivity contribution in [3.8, 4) is 11.4 Å². The molecule has 35 heavy (non-hydrogen) atoms. The molecule has 0 radical (unpaired) electrons. The number of carbonyl (C=O) groups is 1. The highest BCUT2D eigenvalue weighted by Crippen LogP contribution is 2.32. The average molecular weight is 517 g/mol. The Kier molecular flexibility index (Phi) is 6.45. The van der Waals surface area contributed by atoms with E-state index in [9.17, 15) is 17.4 Å². The molecule has 12 heteroatoms. The number of methoxy groups -OCH3 is 1. The van der Waals surface area contributed by atoms with Crippen LogP contribution in [0.25, 0.3) is 5.69 Å². The number of ether oxygens (including phenoxy) is 2. The maximum absolute atomic E-state index is 13.1. The summed E-state index contributed by atoms with van der Waals surface area (Å²) in [5, 5.41) is 7.48. The van der Waals surface area contributed by atoms with Gasteiger partial charge < -0.3 is 14.8 Å². The van der Waals surface area contributed by atoms with Gasteiger partial charge in [-0.1, -0.05) is 0 Å². The molecule has 0 spiro atoms. The van der Waals surface area contributed by atoms with E-state index in [1.54, 1.807) is 23.9 Å². The Morgan fingerprint density at radius 3 is 2.40 bits per heavy atom. The van der Waals surface area contributed by atoms with Crippen LogP contribution in [0.3, 0.4) is 0 Å². The molecule has 3 aromatic rings. The van der Waals surface area contributed by atoms with E-state index in [0.29, 0.717) is 66.3 Å². The molecule has 1 aromatic heterocycles. The summed E-state index contributed by atoms with van der Waals surface area (Å²) in [7, 11) is -3.15. The van der Waals surface area contributed by atoms with Gasteiger partial charge in [-0.3, -0.25) is 9.00 Å². The van der Waals surface area contributed by atoms with Crippen LogP contribution in [0.4, 0.5) is 5.82 Å². The van der Waals surface area contributed by atoms with E-state index in [2.05, 4.69) is 10.4 Å². The summed E-state index contributed by atoms with van der Waals surface area (Å²) in [4.78, 5) is 13.2. The van der Waals surface area contributed by atoms with E-state index >= 15 is 0 Å². The first kappa shape index (κ1) is 23.7. The quantitative estimate of drug-likeness (QED) is 0.532. The maximum Gasteiger partial charge on any atom is 0.256 e. The van der Waals surface area contributed by atoms with E-state index in [4.69, 9.17) is 9.47 Å². The Morgan fingerprint density at radius 2 is 1.74 bits per heavy atom. The third kappa shape index (κ3) is 4.61. The van der Waals surface area contributed by atoms with E-state index < -0.39 is 26.7 Å². The highest BCUT2D eigenvalue weighted by atomic mass is 32.2. The van der Waals surface area contributed by atoms with Gasteiger partial charge in [0.1, 0.15) is 11.6 Å². The number of amides is 1. The van der Waals surface area contributed by atoms with Crippen molar-refractivity contribution < 1.29 is 26.9 Å². The van der Waals surface area contributed by atoms with Crippen molar-refractivity contribution in [2.45, 2.75) is 16.4 Å². The largest absolute Gasteiger partial charge is 0.497 e. The van der Waals surface area contributed by atoms with Crippen LogP contribution in [0, 0.1) is 0 Å². The molecule has 2 aromatic carbocycles. The number of hydrogen-bond donors (Lipinski definition) is 1. The molecule has 2 aliphatic rings. The SMILES string of the molecule is COc1ccc(-n2nc3c(c2NC(=O)c2ccc(S(=O)(=O)N4CCOCC4)cc2)C[S@](=O)C3)cc1. The molecule has 10 nitrogen and oxygen atoms in total. The van der Waals surface area contributed by atoms with Gasteiger partial charge in [0.2, 0.25) is 10.0 Å². The number of nitrogens with one attached hydrogen (secondary N) is 1. The lowest BCUT2D eigenvalue weighted by Gasteiger charge is -2.26. The topological polar surface area (TPSA) is 120 Å². The smallest absolute Gasteiger partial charge is 0.256 e. The Balaban J connectivity index is 1.41. The molecule has 184 valence electrons. The van der Waals surface area contributed by atoms with Crippen LogP contribution in [-0.2, 0) is 37.1 Å². The van der Waals surface area contributed by atoms with Crippen LogP contribution < -0.4 is 10.1 Å². The predicted molar refractivity (Wildman–Crippen MR) is 130 cm³/mol. The van der Waals surface area contributed by atoms with Gasteiger partial charge in [0.15, 0.2) is 0 Å². The van der Waals surface area contributed by atoms with Crippen LogP contribution in [0.5, 0.6) is 5.75 Å². The van der Waals surface area contributed by atoms with Crippen LogP contribution in [0.1, 0.15) is 21.6 Å². The Hall–Kier alpha value is -3.06. The first-order valence-corrected chi connectivity index (χ1v) is 13.9. The van der Waals surface area contributed by atoms with Crippen LogP contribution in [0.2, 0.25) is 0 Å². The van der Waals surface area contributed by atoms with E-state index in [1.165, 1.54) is 28.6 Å². The molecule has 0 bridgehead atoms. The normalized spacial score (nSPS) is 18.3. The van der Waals surface area contributed by atoms with Crippen molar-refractivity contribution in [1.29, 1.82) is 0 Å². The number of rotatable bonds is 6. The van der Waals surface area contributed by atoms with Gasteiger partial charge in [0.25, 0.3) is 5.91 Å². The highest BCUT2D eigenvalue weighted by molar-refractivity contribution is 7.89. The van der Waals surface area contributed by atoms with Crippen molar-refractivity contribution >= 4 is 32.5 Å². The van der Waals surface area contributed by atoms with Crippen molar-refractivity contribution in [3.63, 3.8) is 0 Å². The molecule has 5 rings (SSSR count). The first-order chi connectivity index (χ1) is 16.9. The fourth-order valence-corrected chi connectivity index (χ4v) is 6.73. The zero-order chi connectivity index (χ0) is 24.6. The van der Waals surface area contributed by atoms with Gasteiger partial charge in [-0.2, -0.15) is 9.40 Å². The molecular weight excluding hydrogens is 492 g/mol. The monoisotopic (exact) mass is 516 g/mol. The summed E-state index contributed by atoms with van der Waals surface area (Å²) in [6.07, 6.45) is 0. The number of carbonyl (C=O) groups excluding carboxylic acids is 1. The number of nitrogens with zero attached hydrogens (tertiary/aromatic N) is 3. The summed E-state index contributed by atoms with van der Waals surface area (Å²) in [5.74, 6) is 1.35. The third-order valence-electron chi connectivity index (χ3n) is 5.94. The average Bonchev–Trinajstić information content (AvgIpc) is 3.41. The molecule has 1 atom stereocenters. The minimum absolute atomic E-state index is 0.121. The zero-order valence-electron chi connectivity index (χ0n) is 19.0. The molecule has 1 N–H and O–H groups in total. The van der Waals surface area contributed by atoms with Crippen LogP contribution in [0.15, 0.2) is 53.4 Å². The molecule has 1 fully saturated rings. The van der Waals surface area contributed by atoms with E-state index in [-0.39, 0.29) is 4.90 Å². The Labute approximate surface area is 205 Å². The number of morpholine rings is 1. The van der Waals surface area contributed by atoms with Crippen molar-refractivity contribution in [3.05, 3.63) is 65.4 Å². The van der Waals surface area contributed by atoms with Crippen LogP contribution in [-0.4, -0.2) is 66.0 Å². The first-order valence-electron chi connectivity index (χ1n) is 11.0. The number of hydrogen-bond acceptors (Lipinski definition) is 7. The second-order valence-corrected chi connectivity index (χ2v) is 11.5. The van der Waals surface area contributed by atoms with Gasteiger partial charge in [0.05, 0.1) is 48.1 Å². The molecule has 3 heterocycles. The lowest BCUT2D eigenvalue weighted by molar-refractivity contribution is 0.0730. The van der Waals surface area contributed by atoms with Crippen molar-refractivity contribution in [2.24, 2.45) is 0 Å². The second kappa shape index (κ2) is 9.53. The lowest BCUT2D eigenvalue weighted by atomic mass is 10.2. The van der Waals surface area contributed by atoms with Crippen molar-refractivity contribution in [1.82, 2.24) is 14.1 Å². The Bertz CT molecular complexity index is 1380. The molecule has 0 unspecified atom stereocenters.